The summed E-state index contributed by atoms with van der Waals surface area (Å²) in [7, 11) is 0. The van der Waals surface area contributed by atoms with Crippen LogP contribution in [0.2, 0.25) is 0 Å². The maximum atomic E-state index is 12.1. The van der Waals surface area contributed by atoms with E-state index in [0.717, 1.165) is 56.8 Å². The molecule has 0 radical (unpaired) electrons. The van der Waals surface area contributed by atoms with Crippen LogP contribution in [-0.4, -0.2) is 38.3 Å². The molecule has 0 bridgehead atoms. The largest absolute Gasteiger partial charge is 0.491 e. The zero-order valence-electron chi connectivity index (χ0n) is 14.3. The van der Waals surface area contributed by atoms with Gasteiger partial charge in [-0.2, -0.15) is 0 Å². The van der Waals surface area contributed by atoms with Gasteiger partial charge in [-0.1, -0.05) is 0 Å². The summed E-state index contributed by atoms with van der Waals surface area (Å²) in [5, 5.41) is 6.31. The number of amides is 1. The van der Waals surface area contributed by atoms with Gasteiger partial charge in [0.05, 0.1) is 6.10 Å². The van der Waals surface area contributed by atoms with Gasteiger partial charge in [0, 0.05) is 18.7 Å². The van der Waals surface area contributed by atoms with Crippen LogP contribution in [0.3, 0.4) is 0 Å². The molecule has 1 atom stereocenters. The predicted octanol–water partition coefficient (Wildman–Crippen LogP) is 2.96. The van der Waals surface area contributed by atoms with Crippen molar-refractivity contribution in [2.24, 2.45) is 5.92 Å². The summed E-state index contributed by atoms with van der Waals surface area (Å²) in [5.74, 6) is 1.43. The molecule has 3 rings (SSSR count). The molecule has 5 nitrogen and oxygen atoms in total. The van der Waals surface area contributed by atoms with Gasteiger partial charge in [-0.25, -0.2) is 0 Å². The van der Waals surface area contributed by atoms with Crippen molar-refractivity contribution in [3.63, 3.8) is 0 Å². The fourth-order valence-electron chi connectivity index (χ4n) is 3.32. The second-order valence-corrected chi connectivity index (χ2v) is 6.77. The molecule has 2 saturated heterocycles. The van der Waals surface area contributed by atoms with E-state index < -0.39 is 0 Å². The van der Waals surface area contributed by atoms with Gasteiger partial charge in [-0.05, 0) is 75.4 Å². The van der Waals surface area contributed by atoms with Crippen molar-refractivity contribution in [1.82, 2.24) is 5.32 Å². The third kappa shape index (κ3) is 5.49. The lowest BCUT2D eigenvalue weighted by Gasteiger charge is -2.22. The normalized spacial score (nSPS) is 22.1. The van der Waals surface area contributed by atoms with Crippen molar-refractivity contribution in [2.75, 3.05) is 31.6 Å². The molecule has 1 amide bonds. The summed E-state index contributed by atoms with van der Waals surface area (Å²) in [6.07, 6.45) is 6.44. The van der Waals surface area contributed by atoms with Crippen LogP contribution in [0.25, 0.3) is 0 Å². The first-order valence-corrected chi connectivity index (χ1v) is 9.14. The standard InChI is InChI=1S/C19H28N2O3/c22-19(13-15-8-10-20-11-9-15)21-16-4-6-17(7-5-16)24-14-18-3-1-2-12-23-18/h4-7,15,18,20H,1-3,8-14H2,(H,21,22). The third-order valence-corrected chi connectivity index (χ3v) is 4.78. The molecule has 2 heterocycles. The van der Waals surface area contributed by atoms with Crippen molar-refractivity contribution >= 4 is 11.6 Å². The Labute approximate surface area is 144 Å². The number of piperidine rings is 1. The maximum absolute atomic E-state index is 12.1. The molecule has 2 aliphatic rings. The highest BCUT2D eigenvalue weighted by Gasteiger charge is 2.17. The van der Waals surface area contributed by atoms with Gasteiger partial charge < -0.3 is 20.1 Å². The van der Waals surface area contributed by atoms with Crippen LogP contribution in [0.4, 0.5) is 5.69 Å². The lowest BCUT2D eigenvalue weighted by atomic mass is 9.94. The number of hydrogen-bond acceptors (Lipinski definition) is 4. The summed E-state index contributed by atoms with van der Waals surface area (Å²) in [5.41, 5.74) is 0.829. The maximum Gasteiger partial charge on any atom is 0.224 e. The Balaban J connectivity index is 1.41. The van der Waals surface area contributed by atoms with Crippen LogP contribution in [0.5, 0.6) is 5.75 Å². The van der Waals surface area contributed by atoms with E-state index in [2.05, 4.69) is 10.6 Å². The van der Waals surface area contributed by atoms with Gasteiger partial charge in [-0.3, -0.25) is 4.79 Å². The number of benzene rings is 1. The molecule has 0 saturated carbocycles. The van der Waals surface area contributed by atoms with Crippen LogP contribution in [-0.2, 0) is 9.53 Å². The van der Waals surface area contributed by atoms with Crippen LogP contribution in [0, 0.1) is 5.92 Å². The third-order valence-electron chi connectivity index (χ3n) is 4.78. The lowest BCUT2D eigenvalue weighted by molar-refractivity contribution is -0.117. The minimum absolute atomic E-state index is 0.103. The molecule has 1 unspecified atom stereocenters. The van der Waals surface area contributed by atoms with Gasteiger partial charge >= 0.3 is 0 Å². The number of nitrogens with one attached hydrogen (secondary N) is 2. The van der Waals surface area contributed by atoms with Crippen molar-refractivity contribution in [1.29, 1.82) is 0 Å². The van der Waals surface area contributed by atoms with Crippen molar-refractivity contribution in [2.45, 2.75) is 44.6 Å². The molecule has 2 aliphatic heterocycles. The summed E-state index contributed by atoms with van der Waals surface area (Å²) in [6, 6.07) is 7.61. The molecule has 0 aromatic heterocycles. The number of rotatable bonds is 6. The number of anilines is 1. The monoisotopic (exact) mass is 332 g/mol. The SMILES string of the molecule is O=C(CC1CCNCC1)Nc1ccc(OCC2CCCCO2)cc1. The van der Waals surface area contributed by atoms with Crippen molar-refractivity contribution in [3.8, 4) is 5.75 Å². The fraction of sp³-hybridized carbons (Fsp3) is 0.632. The molecule has 1 aromatic carbocycles. The molecule has 1 aromatic rings. The Morgan fingerprint density at radius 3 is 2.67 bits per heavy atom. The van der Waals surface area contributed by atoms with Crippen LogP contribution < -0.4 is 15.4 Å². The van der Waals surface area contributed by atoms with E-state index >= 15 is 0 Å². The Bertz CT molecular complexity index is 506. The molecular weight excluding hydrogens is 304 g/mol. The second kappa shape index (κ2) is 9.04. The molecular formula is C19H28N2O3. The Hall–Kier alpha value is -1.59. The zero-order valence-corrected chi connectivity index (χ0v) is 14.3. The molecule has 132 valence electrons. The topological polar surface area (TPSA) is 59.6 Å². The second-order valence-electron chi connectivity index (χ2n) is 6.77. The summed E-state index contributed by atoms with van der Waals surface area (Å²) < 4.78 is 11.4. The van der Waals surface area contributed by atoms with Crippen LogP contribution in [0.1, 0.15) is 38.5 Å². The first kappa shape index (κ1) is 17.2. The molecule has 0 aliphatic carbocycles. The minimum Gasteiger partial charge on any atom is -0.491 e. The number of carbonyl (C=O) groups is 1. The van der Waals surface area contributed by atoms with Crippen molar-refractivity contribution < 1.29 is 14.3 Å². The zero-order chi connectivity index (χ0) is 16.6. The van der Waals surface area contributed by atoms with E-state index in [9.17, 15) is 4.79 Å². The van der Waals surface area contributed by atoms with E-state index in [-0.39, 0.29) is 12.0 Å². The van der Waals surface area contributed by atoms with E-state index in [1.807, 2.05) is 24.3 Å². The Morgan fingerprint density at radius 2 is 1.96 bits per heavy atom. The molecule has 24 heavy (non-hydrogen) atoms. The summed E-state index contributed by atoms with van der Waals surface area (Å²) in [6.45, 7) is 3.49. The van der Waals surface area contributed by atoms with E-state index in [1.54, 1.807) is 0 Å². The number of hydrogen-bond donors (Lipinski definition) is 2. The Morgan fingerprint density at radius 1 is 1.17 bits per heavy atom. The first-order valence-electron chi connectivity index (χ1n) is 9.14. The molecule has 0 spiro atoms. The lowest BCUT2D eigenvalue weighted by Crippen LogP contribution is -2.30. The summed E-state index contributed by atoms with van der Waals surface area (Å²) in [4.78, 5) is 12.1. The first-order chi connectivity index (χ1) is 11.8. The quantitative estimate of drug-likeness (QED) is 0.841. The fourth-order valence-corrected chi connectivity index (χ4v) is 3.32. The van der Waals surface area contributed by atoms with Crippen molar-refractivity contribution in [3.05, 3.63) is 24.3 Å². The average molecular weight is 332 g/mol. The predicted molar refractivity (Wildman–Crippen MR) is 94.4 cm³/mol. The van der Waals surface area contributed by atoms with Gasteiger partial charge in [0.2, 0.25) is 5.91 Å². The molecule has 2 fully saturated rings. The average Bonchev–Trinajstić information content (AvgIpc) is 2.63. The smallest absolute Gasteiger partial charge is 0.224 e. The highest BCUT2D eigenvalue weighted by atomic mass is 16.5. The van der Waals surface area contributed by atoms with Gasteiger partial charge in [0.25, 0.3) is 0 Å². The van der Waals surface area contributed by atoms with E-state index in [0.29, 0.717) is 18.9 Å². The van der Waals surface area contributed by atoms with Gasteiger partial charge in [-0.15, -0.1) is 0 Å². The highest BCUT2D eigenvalue weighted by molar-refractivity contribution is 5.90. The van der Waals surface area contributed by atoms with E-state index in [1.165, 1.54) is 6.42 Å². The molecule has 2 N–H and O–H groups in total. The van der Waals surface area contributed by atoms with E-state index in [4.69, 9.17) is 9.47 Å². The number of ether oxygens (including phenoxy) is 2. The number of carbonyl (C=O) groups excluding carboxylic acids is 1. The van der Waals surface area contributed by atoms with Crippen LogP contribution in [0.15, 0.2) is 24.3 Å². The minimum atomic E-state index is 0.103. The molecule has 5 heteroatoms. The summed E-state index contributed by atoms with van der Waals surface area (Å²) >= 11 is 0. The van der Waals surface area contributed by atoms with Crippen LogP contribution >= 0.6 is 0 Å². The highest BCUT2D eigenvalue weighted by Crippen LogP contribution is 2.20. The van der Waals surface area contributed by atoms with Gasteiger partial charge in [0.15, 0.2) is 0 Å². The Kier molecular flexibility index (Phi) is 6.49. The van der Waals surface area contributed by atoms with Gasteiger partial charge in [0.1, 0.15) is 12.4 Å².